The number of hydrogen-bond acceptors (Lipinski definition) is 5. The number of ether oxygens (including phenoxy) is 2. The molecule has 0 amide bonds. The van der Waals surface area contributed by atoms with Crippen LogP contribution in [-0.4, -0.2) is 18.2 Å². The Balaban J connectivity index is 1.48. The number of thiazole rings is 1. The van der Waals surface area contributed by atoms with Crippen molar-refractivity contribution in [3.05, 3.63) is 39.8 Å². The Bertz CT molecular complexity index is 746. The number of aromatic nitrogens is 1. The van der Waals surface area contributed by atoms with Gasteiger partial charge in [-0.2, -0.15) is 0 Å². The monoisotopic (exact) mass is 358 g/mol. The topological polar surface area (TPSA) is 43.4 Å². The second kappa shape index (κ2) is 6.61. The lowest BCUT2D eigenvalue weighted by Gasteiger charge is -2.23. The Morgan fingerprint density at radius 3 is 2.64 bits per heavy atom. The van der Waals surface area contributed by atoms with Crippen LogP contribution in [0.15, 0.2) is 24.4 Å². The summed E-state index contributed by atoms with van der Waals surface area (Å²) in [6.45, 7) is 8.78. The molecule has 1 atom stereocenters. The third kappa shape index (κ3) is 3.82. The zero-order valence-corrected chi connectivity index (χ0v) is 16.0. The number of fused-ring (bicyclic) bond motifs is 1. The van der Waals surface area contributed by atoms with E-state index in [1.807, 2.05) is 23.6 Å². The fourth-order valence-electron chi connectivity index (χ4n) is 3.19. The van der Waals surface area contributed by atoms with Gasteiger partial charge in [-0.3, -0.25) is 0 Å². The molecule has 1 aromatic carbocycles. The quantitative estimate of drug-likeness (QED) is 0.857. The first-order valence-electron chi connectivity index (χ1n) is 9.09. The number of benzene rings is 1. The lowest BCUT2D eigenvalue weighted by Crippen LogP contribution is -2.23. The van der Waals surface area contributed by atoms with Crippen molar-refractivity contribution in [2.45, 2.75) is 51.6 Å². The third-order valence-corrected chi connectivity index (χ3v) is 6.13. The van der Waals surface area contributed by atoms with Gasteiger partial charge in [0.1, 0.15) is 13.2 Å². The van der Waals surface area contributed by atoms with Crippen LogP contribution < -0.4 is 14.8 Å². The second-order valence-corrected chi connectivity index (χ2v) is 9.10. The highest BCUT2D eigenvalue weighted by atomic mass is 32.1. The van der Waals surface area contributed by atoms with E-state index in [1.165, 1.54) is 28.3 Å². The Morgan fingerprint density at radius 2 is 1.96 bits per heavy atom. The molecular weight excluding hydrogens is 332 g/mol. The van der Waals surface area contributed by atoms with Crippen LogP contribution >= 0.6 is 11.3 Å². The molecule has 1 aliphatic carbocycles. The van der Waals surface area contributed by atoms with Crippen LogP contribution in [0.1, 0.15) is 55.1 Å². The summed E-state index contributed by atoms with van der Waals surface area (Å²) in [5, 5.41) is 4.96. The summed E-state index contributed by atoms with van der Waals surface area (Å²) in [6, 6.07) is 6.75. The maximum absolute atomic E-state index is 5.76. The molecule has 0 saturated heterocycles. The van der Waals surface area contributed by atoms with Crippen molar-refractivity contribution in [1.29, 1.82) is 0 Å². The van der Waals surface area contributed by atoms with Crippen LogP contribution in [0.3, 0.4) is 0 Å². The smallest absolute Gasteiger partial charge is 0.161 e. The molecule has 1 aliphatic heterocycles. The summed E-state index contributed by atoms with van der Waals surface area (Å²) < 4.78 is 11.4. The number of rotatable bonds is 5. The van der Waals surface area contributed by atoms with Crippen molar-refractivity contribution in [2.75, 3.05) is 13.2 Å². The fourth-order valence-corrected chi connectivity index (χ4v) is 4.11. The van der Waals surface area contributed by atoms with Crippen LogP contribution in [0, 0.1) is 5.92 Å². The van der Waals surface area contributed by atoms with Crippen molar-refractivity contribution in [1.82, 2.24) is 10.3 Å². The van der Waals surface area contributed by atoms with E-state index >= 15 is 0 Å². The molecule has 1 aromatic heterocycles. The van der Waals surface area contributed by atoms with E-state index in [-0.39, 0.29) is 5.41 Å². The molecule has 4 rings (SSSR count). The van der Waals surface area contributed by atoms with Gasteiger partial charge >= 0.3 is 0 Å². The normalized spacial score (nSPS) is 18.2. The first-order chi connectivity index (χ1) is 12.0. The number of hydrogen-bond donors (Lipinski definition) is 1. The summed E-state index contributed by atoms with van der Waals surface area (Å²) in [4.78, 5) is 5.90. The van der Waals surface area contributed by atoms with E-state index in [0.717, 1.165) is 24.0 Å². The largest absolute Gasteiger partial charge is 0.486 e. The molecule has 25 heavy (non-hydrogen) atoms. The lowest BCUT2D eigenvalue weighted by molar-refractivity contribution is 0.171. The minimum atomic E-state index is 0.120. The Labute approximate surface area is 153 Å². The van der Waals surface area contributed by atoms with E-state index in [1.54, 1.807) is 0 Å². The number of nitrogens with zero attached hydrogens (tertiary/aromatic N) is 1. The van der Waals surface area contributed by atoms with E-state index in [9.17, 15) is 0 Å². The zero-order chi connectivity index (χ0) is 17.4. The molecule has 0 spiro atoms. The molecule has 2 aromatic rings. The standard InChI is InChI=1S/C20H26N2O2S/c1-20(2,3)19-22-12-15(25-19)11-21-18(13-4-5-13)14-6-7-16-17(10-14)24-9-8-23-16/h6-7,10,12-13,18,21H,4-5,8-9,11H2,1-3H3. The minimum absolute atomic E-state index is 0.120. The van der Waals surface area contributed by atoms with Gasteiger partial charge in [0.2, 0.25) is 0 Å². The Hall–Kier alpha value is -1.59. The first-order valence-corrected chi connectivity index (χ1v) is 9.90. The molecule has 5 heteroatoms. The Morgan fingerprint density at radius 1 is 1.20 bits per heavy atom. The Kier molecular flexibility index (Phi) is 4.46. The highest BCUT2D eigenvalue weighted by molar-refractivity contribution is 7.11. The summed E-state index contributed by atoms with van der Waals surface area (Å²) in [7, 11) is 0. The van der Waals surface area contributed by atoms with Gasteiger partial charge in [-0.1, -0.05) is 26.8 Å². The van der Waals surface area contributed by atoms with Crippen LogP contribution in [0.2, 0.25) is 0 Å². The van der Waals surface area contributed by atoms with E-state index < -0.39 is 0 Å². The van der Waals surface area contributed by atoms with E-state index in [0.29, 0.717) is 19.3 Å². The first kappa shape index (κ1) is 16.9. The molecule has 4 nitrogen and oxygen atoms in total. The van der Waals surface area contributed by atoms with Crippen LogP contribution in [0.4, 0.5) is 0 Å². The molecule has 134 valence electrons. The van der Waals surface area contributed by atoms with Gasteiger partial charge in [-0.15, -0.1) is 11.3 Å². The zero-order valence-electron chi connectivity index (χ0n) is 15.2. The highest BCUT2D eigenvalue weighted by Gasteiger charge is 2.33. The van der Waals surface area contributed by atoms with Crippen molar-refractivity contribution >= 4 is 11.3 Å². The lowest BCUT2D eigenvalue weighted by atomic mass is 9.98. The molecule has 0 radical (unpaired) electrons. The van der Waals surface area contributed by atoms with Crippen molar-refractivity contribution < 1.29 is 9.47 Å². The highest BCUT2D eigenvalue weighted by Crippen LogP contribution is 2.43. The minimum Gasteiger partial charge on any atom is -0.486 e. The predicted molar refractivity (Wildman–Crippen MR) is 101 cm³/mol. The van der Waals surface area contributed by atoms with E-state index in [4.69, 9.17) is 9.47 Å². The molecule has 1 saturated carbocycles. The second-order valence-electron chi connectivity index (χ2n) is 7.98. The average molecular weight is 359 g/mol. The average Bonchev–Trinajstić information content (AvgIpc) is 3.30. The molecule has 1 unspecified atom stereocenters. The summed E-state index contributed by atoms with van der Waals surface area (Å²) >= 11 is 1.81. The molecule has 0 bridgehead atoms. The van der Waals surface area contributed by atoms with Crippen LogP contribution in [0.5, 0.6) is 11.5 Å². The van der Waals surface area contributed by atoms with Crippen LogP contribution in [-0.2, 0) is 12.0 Å². The third-order valence-electron chi connectivity index (χ3n) is 4.71. The van der Waals surface area contributed by atoms with Crippen LogP contribution in [0.25, 0.3) is 0 Å². The molecule has 1 N–H and O–H groups in total. The predicted octanol–water partition coefficient (Wildman–Crippen LogP) is 4.45. The van der Waals surface area contributed by atoms with Gasteiger partial charge in [-0.05, 0) is 36.5 Å². The van der Waals surface area contributed by atoms with Gasteiger partial charge in [0.15, 0.2) is 11.5 Å². The SMILES string of the molecule is CC(C)(C)c1ncc(CNC(c2ccc3c(c2)OCCO3)C2CC2)s1. The van der Waals surface area contributed by atoms with E-state index in [2.05, 4.69) is 43.2 Å². The van der Waals surface area contributed by atoms with Gasteiger partial charge < -0.3 is 14.8 Å². The van der Waals surface area contributed by atoms with Gasteiger partial charge in [0.25, 0.3) is 0 Å². The maximum atomic E-state index is 5.76. The molecule has 2 aliphatic rings. The van der Waals surface area contributed by atoms with Crippen molar-refractivity contribution in [3.63, 3.8) is 0 Å². The summed E-state index contributed by atoms with van der Waals surface area (Å²) in [5.41, 5.74) is 1.42. The van der Waals surface area contributed by atoms with Gasteiger partial charge in [0, 0.05) is 29.1 Å². The van der Waals surface area contributed by atoms with Crippen molar-refractivity contribution in [2.24, 2.45) is 5.92 Å². The number of nitrogens with one attached hydrogen (secondary N) is 1. The summed E-state index contributed by atoms with van der Waals surface area (Å²) in [5.74, 6) is 2.46. The maximum Gasteiger partial charge on any atom is 0.161 e. The van der Waals surface area contributed by atoms with Gasteiger partial charge in [0.05, 0.1) is 5.01 Å². The molecule has 1 fully saturated rings. The molecule has 2 heterocycles. The fraction of sp³-hybridized carbons (Fsp3) is 0.550. The summed E-state index contributed by atoms with van der Waals surface area (Å²) in [6.07, 6.45) is 4.61. The van der Waals surface area contributed by atoms with Crippen molar-refractivity contribution in [3.8, 4) is 11.5 Å². The van der Waals surface area contributed by atoms with Gasteiger partial charge in [-0.25, -0.2) is 4.98 Å². The molecular formula is C20H26N2O2S.